The Bertz CT molecular complexity index is 803. The maximum Gasteiger partial charge on any atom is 0.333 e. The molecule has 0 saturated heterocycles. The van der Waals surface area contributed by atoms with Crippen LogP contribution in [-0.2, 0) is 16.1 Å². The summed E-state index contributed by atoms with van der Waals surface area (Å²) in [5, 5.41) is 0. The molecule has 1 heterocycles. The van der Waals surface area contributed by atoms with Crippen molar-refractivity contribution in [2.45, 2.75) is 13.5 Å². The van der Waals surface area contributed by atoms with Gasteiger partial charge in [0.05, 0.1) is 12.1 Å². The molecular weight excluding hydrogens is 284 g/mol. The number of esters is 1. The maximum atomic E-state index is 11.9. The Morgan fingerprint density at radius 1 is 1.27 bits per heavy atom. The Labute approximate surface area is 126 Å². The second-order valence-electron chi connectivity index (χ2n) is 4.78. The van der Waals surface area contributed by atoms with Crippen LogP contribution in [0.15, 0.2) is 58.3 Å². The van der Waals surface area contributed by atoms with Crippen LogP contribution in [0.3, 0.4) is 0 Å². The molecule has 1 N–H and O–H groups in total. The molecule has 0 saturated carbocycles. The standard InChI is InChI=1S/C16H16N2O4/c1-11(2)15(20)22-9-8-18-10-13(14(19)17-16(18)21)12-6-4-3-5-7-12/h3-7,10H,1,8-9H2,2H3,(H,17,19,21). The van der Waals surface area contributed by atoms with Crippen molar-refractivity contribution in [3.05, 3.63) is 69.5 Å². The molecule has 0 bridgehead atoms. The summed E-state index contributed by atoms with van der Waals surface area (Å²) < 4.78 is 6.25. The molecule has 6 heteroatoms. The largest absolute Gasteiger partial charge is 0.460 e. The Morgan fingerprint density at radius 2 is 1.95 bits per heavy atom. The Morgan fingerprint density at radius 3 is 2.59 bits per heavy atom. The van der Waals surface area contributed by atoms with Crippen LogP contribution in [0.4, 0.5) is 0 Å². The number of hydrogen-bond acceptors (Lipinski definition) is 4. The monoisotopic (exact) mass is 300 g/mol. The van der Waals surface area contributed by atoms with Crippen molar-refractivity contribution in [3.8, 4) is 11.1 Å². The van der Waals surface area contributed by atoms with Crippen LogP contribution in [0.25, 0.3) is 11.1 Å². The number of benzene rings is 1. The summed E-state index contributed by atoms with van der Waals surface area (Å²) in [5.41, 5.74) is 0.379. The topological polar surface area (TPSA) is 81.2 Å². The second-order valence-corrected chi connectivity index (χ2v) is 4.78. The van der Waals surface area contributed by atoms with Crippen LogP contribution in [-0.4, -0.2) is 22.1 Å². The average Bonchev–Trinajstić information content (AvgIpc) is 2.50. The Kier molecular flexibility index (Phi) is 4.73. The first-order valence-corrected chi connectivity index (χ1v) is 6.71. The summed E-state index contributed by atoms with van der Waals surface area (Å²) in [6.45, 7) is 5.18. The Balaban J connectivity index is 2.22. The van der Waals surface area contributed by atoms with E-state index in [4.69, 9.17) is 4.74 Å². The van der Waals surface area contributed by atoms with Crippen molar-refractivity contribution >= 4 is 5.97 Å². The summed E-state index contributed by atoms with van der Waals surface area (Å²) in [4.78, 5) is 37.2. The molecule has 0 amide bonds. The fraction of sp³-hybridized carbons (Fsp3) is 0.188. The van der Waals surface area contributed by atoms with Gasteiger partial charge >= 0.3 is 11.7 Å². The van der Waals surface area contributed by atoms with E-state index in [0.717, 1.165) is 0 Å². The Hall–Kier alpha value is -2.89. The highest BCUT2D eigenvalue weighted by atomic mass is 16.5. The average molecular weight is 300 g/mol. The van der Waals surface area contributed by atoms with E-state index < -0.39 is 17.2 Å². The lowest BCUT2D eigenvalue weighted by Crippen LogP contribution is -2.31. The van der Waals surface area contributed by atoms with Gasteiger partial charge in [0, 0.05) is 11.8 Å². The quantitative estimate of drug-likeness (QED) is 0.667. The van der Waals surface area contributed by atoms with E-state index in [9.17, 15) is 14.4 Å². The van der Waals surface area contributed by atoms with Gasteiger partial charge in [-0.2, -0.15) is 0 Å². The maximum absolute atomic E-state index is 11.9. The third-order valence-corrected chi connectivity index (χ3v) is 3.01. The number of H-pyrrole nitrogens is 1. The minimum atomic E-state index is -0.545. The molecular formula is C16H16N2O4. The molecule has 0 aliphatic carbocycles. The highest BCUT2D eigenvalue weighted by Crippen LogP contribution is 2.12. The molecule has 6 nitrogen and oxygen atoms in total. The van der Waals surface area contributed by atoms with Crippen LogP contribution < -0.4 is 11.2 Å². The SMILES string of the molecule is C=C(C)C(=O)OCCn1cc(-c2ccccc2)c(=O)[nH]c1=O. The molecule has 2 aromatic rings. The highest BCUT2D eigenvalue weighted by Gasteiger charge is 2.08. The number of aromatic amines is 1. The van der Waals surface area contributed by atoms with Gasteiger partial charge in [0.2, 0.25) is 0 Å². The molecule has 0 unspecified atom stereocenters. The van der Waals surface area contributed by atoms with Crippen molar-refractivity contribution in [1.82, 2.24) is 9.55 Å². The molecule has 0 fully saturated rings. The molecule has 0 aliphatic heterocycles. The zero-order valence-electron chi connectivity index (χ0n) is 12.2. The highest BCUT2D eigenvalue weighted by molar-refractivity contribution is 5.86. The van der Waals surface area contributed by atoms with Gasteiger partial charge in [-0.25, -0.2) is 9.59 Å². The summed E-state index contributed by atoms with van der Waals surface area (Å²) >= 11 is 0. The second kappa shape index (κ2) is 6.71. The zero-order chi connectivity index (χ0) is 16.1. The van der Waals surface area contributed by atoms with Gasteiger partial charge in [-0.1, -0.05) is 36.9 Å². The number of rotatable bonds is 5. The van der Waals surface area contributed by atoms with Crippen LogP contribution in [0.1, 0.15) is 6.92 Å². The first-order valence-electron chi connectivity index (χ1n) is 6.71. The van der Waals surface area contributed by atoms with E-state index in [2.05, 4.69) is 11.6 Å². The van der Waals surface area contributed by atoms with Crippen molar-refractivity contribution < 1.29 is 9.53 Å². The van der Waals surface area contributed by atoms with Crippen LogP contribution in [0, 0.1) is 0 Å². The molecule has 0 radical (unpaired) electrons. The summed E-state index contributed by atoms with van der Waals surface area (Å²) in [5.74, 6) is -0.513. The first kappa shape index (κ1) is 15.5. The first-order chi connectivity index (χ1) is 10.5. The predicted molar refractivity (Wildman–Crippen MR) is 82.5 cm³/mol. The zero-order valence-corrected chi connectivity index (χ0v) is 12.2. The fourth-order valence-electron chi connectivity index (χ4n) is 1.86. The molecule has 2 rings (SSSR count). The molecule has 1 aromatic heterocycles. The number of ether oxygens (including phenoxy) is 1. The predicted octanol–water partition coefficient (Wildman–Crippen LogP) is 1.32. The molecule has 0 aliphatic rings. The molecule has 1 aromatic carbocycles. The van der Waals surface area contributed by atoms with E-state index in [1.54, 1.807) is 31.2 Å². The van der Waals surface area contributed by atoms with Crippen LogP contribution in [0.5, 0.6) is 0 Å². The number of aromatic nitrogens is 2. The third-order valence-electron chi connectivity index (χ3n) is 3.01. The van der Waals surface area contributed by atoms with Gasteiger partial charge < -0.3 is 4.74 Å². The number of carbonyl (C=O) groups excluding carboxylic acids is 1. The van der Waals surface area contributed by atoms with Crippen molar-refractivity contribution in [2.75, 3.05) is 6.61 Å². The normalized spacial score (nSPS) is 10.2. The van der Waals surface area contributed by atoms with Gasteiger partial charge in [0.1, 0.15) is 6.61 Å². The lowest BCUT2D eigenvalue weighted by Gasteiger charge is -2.08. The van der Waals surface area contributed by atoms with Crippen LogP contribution >= 0.6 is 0 Å². The van der Waals surface area contributed by atoms with Gasteiger partial charge in [-0.3, -0.25) is 14.3 Å². The van der Waals surface area contributed by atoms with Crippen molar-refractivity contribution in [3.63, 3.8) is 0 Å². The van der Waals surface area contributed by atoms with Gasteiger partial charge in [-0.15, -0.1) is 0 Å². The molecule has 22 heavy (non-hydrogen) atoms. The lowest BCUT2D eigenvalue weighted by atomic mass is 10.1. The number of hydrogen-bond donors (Lipinski definition) is 1. The number of nitrogens with zero attached hydrogens (tertiary/aromatic N) is 1. The van der Waals surface area contributed by atoms with E-state index >= 15 is 0 Å². The smallest absolute Gasteiger partial charge is 0.333 e. The summed E-state index contributed by atoms with van der Waals surface area (Å²) in [6.07, 6.45) is 1.46. The minimum Gasteiger partial charge on any atom is -0.460 e. The summed E-state index contributed by atoms with van der Waals surface area (Å²) in [7, 11) is 0. The summed E-state index contributed by atoms with van der Waals surface area (Å²) in [6, 6.07) is 9.00. The fourth-order valence-corrected chi connectivity index (χ4v) is 1.86. The van der Waals surface area contributed by atoms with Gasteiger partial charge in [0.15, 0.2) is 0 Å². The van der Waals surface area contributed by atoms with Crippen LogP contribution in [0.2, 0.25) is 0 Å². The van der Waals surface area contributed by atoms with E-state index in [0.29, 0.717) is 16.7 Å². The number of nitrogens with one attached hydrogen (secondary N) is 1. The minimum absolute atomic E-state index is 0.0197. The number of carbonyl (C=O) groups is 1. The van der Waals surface area contributed by atoms with E-state index in [1.165, 1.54) is 10.8 Å². The molecule has 114 valence electrons. The van der Waals surface area contributed by atoms with Crippen molar-refractivity contribution in [1.29, 1.82) is 0 Å². The third kappa shape index (κ3) is 3.60. The van der Waals surface area contributed by atoms with Gasteiger partial charge in [0.25, 0.3) is 5.56 Å². The molecule has 0 atom stereocenters. The van der Waals surface area contributed by atoms with Gasteiger partial charge in [-0.05, 0) is 12.5 Å². The van der Waals surface area contributed by atoms with E-state index in [1.807, 2.05) is 6.07 Å². The molecule has 0 spiro atoms. The van der Waals surface area contributed by atoms with Crippen molar-refractivity contribution in [2.24, 2.45) is 0 Å². The lowest BCUT2D eigenvalue weighted by molar-refractivity contribution is -0.139. The van der Waals surface area contributed by atoms with E-state index in [-0.39, 0.29) is 13.2 Å².